The van der Waals surface area contributed by atoms with Crippen LogP contribution >= 0.6 is 0 Å². The molecule has 1 amide bonds. The van der Waals surface area contributed by atoms with Gasteiger partial charge < -0.3 is 10.3 Å². The third-order valence-corrected chi connectivity index (χ3v) is 3.55. The SMILES string of the molecule is Cc1nc(C)c(CC(=O)NCc2[nH]nc3ncccc23)c(=O)[nH]1. The molecule has 0 saturated heterocycles. The molecule has 0 radical (unpaired) electrons. The number of amides is 1. The molecule has 0 aliphatic heterocycles. The number of carbonyl (C=O) groups is 1. The number of rotatable bonds is 4. The number of nitrogens with one attached hydrogen (secondary N) is 3. The Kier molecular flexibility index (Phi) is 3.88. The highest BCUT2D eigenvalue weighted by Crippen LogP contribution is 2.12. The molecule has 0 bridgehead atoms. The number of pyridine rings is 1. The van der Waals surface area contributed by atoms with Crippen LogP contribution in [0.4, 0.5) is 0 Å². The Bertz CT molecular complexity index is 927. The highest BCUT2D eigenvalue weighted by atomic mass is 16.2. The molecule has 0 atom stereocenters. The van der Waals surface area contributed by atoms with Gasteiger partial charge in [-0.05, 0) is 26.0 Å². The van der Waals surface area contributed by atoms with Gasteiger partial charge in [-0.15, -0.1) is 0 Å². The first-order chi connectivity index (χ1) is 11.0. The Morgan fingerprint density at radius 1 is 1.35 bits per heavy atom. The first kappa shape index (κ1) is 14.9. The summed E-state index contributed by atoms with van der Waals surface area (Å²) in [6.07, 6.45) is 1.64. The number of aromatic amines is 2. The van der Waals surface area contributed by atoms with Crippen LogP contribution in [0.3, 0.4) is 0 Å². The van der Waals surface area contributed by atoms with Gasteiger partial charge in [0.15, 0.2) is 5.65 Å². The number of aryl methyl sites for hydroxylation is 2. The van der Waals surface area contributed by atoms with E-state index in [2.05, 4.69) is 30.5 Å². The van der Waals surface area contributed by atoms with Crippen molar-refractivity contribution in [2.45, 2.75) is 26.8 Å². The van der Waals surface area contributed by atoms with Crippen molar-refractivity contribution in [1.82, 2.24) is 30.5 Å². The zero-order chi connectivity index (χ0) is 16.4. The zero-order valence-corrected chi connectivity index (χ0v) is 12.8. The van der Waals surface area contributed by atoms with Crippen molar-refractivity contribution in [1.29, 1.82) is 0 Å². The van der Waals surface area contributed by atoms with Crippen molar-refractivity contribution in [3.8, 4) is 0 Å². The maximum absolute atomic E-state index is 12.1. The second-order valence-corrected chi connectivity index (χ2v) is 5.25. The Morgan fingerprint density at radius 3 is 2.96 bits per heavy atom. The van der Waals surface area contributed by atoms with Crippen molar-refractivity contribution in [3.63, 3.8) is 0 Å². The van der Waals surface area contributed by atoms with Gasteiger partial charge >= 0.3 is 0 Å². The van der Waals surface area contributed by atoms with Gasteiger partial charge in [0.2, 0.25) is 5.91 Å². The minimum absolute atomic E-state index is 0.0151. The van der Waals surface area contributed by atoms with Gasteiger partial charge in [-0.3, -0.25) is 14.7 Å². The number of fused-ring (bicyclic) bond motifs is 1. The highest BCUT2D eigenvalue weighted by molar-refractivity contribution is 5.80. The first-order valence-electron chi connectivity index (χ1n) is 7.15. The molecular formula is C15H16N6O2. The Morgan fingerprint density at radius 2 is 2.17 bits per heavy atom. The lowest BCUT2D eigenvalue weighted by molar-refractivity contribution is -0.120. The topological polar surface area (TPSA) is 116 Å². The average Bonchev–Trinajstić information content (AvgIpc) is 2.92. The van der Waals surface area contributed by atoms with E-state index in [9.17, 15) is 9.59 Å². The zero-order valence-electron chi connectivity index (χ0n) is 12.8. The molecule has 3 N–H and O–H groups in total. The van der Waals surface area contributed by atoms with Crippen molar-refractivity contribution < 1.29 is 4.79 Å². The van der Waals surface area contributed by atoms with Crippen molar-refractivity contribution in [3.05, 3.63) is 51.5 Å². The third kappa shape index (κ3) is 3.10. The monoisotopic (exact) mass is 312 g/mol. The molecule has 23 heavy (non-hydrogen) atoms. The molecule has 0 aliphatic rings. The predicted octanol–water partition coefficient (Wildman–Crippen LogP) is 0.517. The smallest absolute Gasteiger partial charge is 0.254 e. The van der Waals surface area contributed by atoms with Gasteiger partial charge in [0, 0.05) is 22.8 Å². The molecule has 0 aliphatic carbocycles. The molecule has 0 aromatic carbocycles. The van der Waals surface area contributed by atoms with E-state index in [1.54, 1.807) is 20.0 Å². The van der Waals surface area contributed by atoms with Gasteiger partial charge in [0.05, 0.1) is 18.7 Å². The molecule has 118 valence electrons. The molecule has 8 nitrogen and oxygen atoms in total. The fourth-order valence-electron chi connectivity index (χ4n) is 2.41. The van der Waals surface area contributed by atoms with Gasteiger partial charge in [-0.2, -0.15) is 5.10 Å². The van der Waals surface area contributed by atoms with Gasteiger partial charge in [-0.1, -0.05) is 0 Å². The van der Waals surface area contributed by atoms with Gasteiger partial charge in [0.25, 0.3) is 5.56 Å². The molecule has 3 aromatic rings. The summed E-state index contributed by atoms with van der Waals surface area (Å²) in [5.41, 5.74) is 2.05. The molecular weight excluding hydrogens is 296 g/mol. The van der Waals surface area contributed by atoms with E-state index in [1.807, 2.05) is 12.1 Å². The summed E-state index contributed by atoms with van der Waals surface area (Å²) in [7, 11) is 0. The van der Waals surface area contributed by atoms with Crippen LogP contribution in [0.2, 0.25) is 0 Å². The van der Waals surface area contributed by atoms with Crippen LogP contribution in [-0.4, -0.2) is 31.1 Å². The van der Waals surface area contributed by atoms with Crippen molar-refractivity contribution in [2.24, 2.45) is 0 Å². The van der Waals surface area contributed by atoms with E-state index in [0.717, 1.165) is 11.1 Å². The quantitative estimate of drug-likeness (QED) is 0.649. The summed E-state index contributed by atoms with van der Waals surface area (Å²) in [6, 6.07) is 3.69. The Balaban J connectivity index is 1.70. The molecule has 0 spiro atoms. The van der Waals surface area contributed by atoms with Crippen LogP contribution in [0.25, 0.3) is 11.0 Å². The molecule has 0 saturated carbocycles. The molecule has 0 fully saturated rings. The fourth-order valence-corrected chi connectivity index (χ4v) is 2.41. The van der Waals surface area contributed by atoms with Crippen LogP contribution in [0, 0.1) is 13.8 Å². The number of carbonyl (C=O) groups excluding carboxylic acids is 1. The molecule has 0 unspecified atom stereocenters. The predicted molar refractivity (Wildman–Crippen MR) is 83.8 cm³/mol. The standard InChI is InChI=1S/C15H16N6O2/c1-8-11(15(23)19-9(2)18-8)6-13(22)17-7-12-10-4-3-5-16-14(10)21-20-12/h3-5H,6-7H2,1-2H3,(H,17,22)(H,16,20,21)(H,18,19,23). The lowest BCUT2D eigenvalue weighted by Gasteiger charge is -2.06. The fraction of sp³-hybridized carbons (Fsp3) is 0.267. The van der Waals surface area contributed by atoms with Crippen molar-refractivity contribution in [2.75, 3.05) is 0 Å². The van der Waals surface area contributed by atoms with Gasteiger partial charge in [0.1, 0.15) is 5.82 Å². The lowest BCUT2D eigenvalue weighted by atomic mass is 10.1. The maximum atomic E-state index is 12.1. The summed E-state index contributed by atoms with van der Waals surface area (Å²) >= 11 is 0. The summed E-state index contributed by atoms with van der Waals surface area (Å²) in [5, 5.41) is 10.6. The second kappa shape index (κ2) is 5.99. The van der Waals surface area contributed by atoms with E-state index >= 15 is 0 Å². The summed E-state index contributed by atoms with van der Waals surface area (Å²) in [5.74, 6) is 0.281. The Hall–Kier alpha value is -3.03. The minimum atomic E-state index is -0.277. The maximum Gasteiger partial charge on any atom is 0.254 e. The lowest BCUT2D eigenvalue weighted by Crippen LogP contribution is -2.29. The number of hydrogen-bond donors (Lipinski definition) is 3. The van der Waals surface area contributed by atoms with Crippen LogP contribution in [0.1, 0.15) is 22.8 Å². The number of aromatic nitrogens is 5. The first-order valence-corrected chi connectivity index (χ1v) is 7.15. The van der Waals surface area contributed by atoms with Crippen molar-refractivity contribution >= 4 is 16.9 Å². The van der Waals surface area contributed by atoms with Crippen LogP contribution in [-0.2, 0) is 17.8 Å². The number of nitrogens with zero attached hydrogens (tertiary/aromatic N) is 3. The molecule has 3 rings (SSSR count). The van der Waals surface area contributed by atoms with Crippen LogP contribution in [0.15, 0.2) is 23.1 Å². The largest absolute Gasteiger partial charge is 0.350 e. The van der Waals surface area contributed by atoms with E-state index in [4.69, 9.17) is 0 Å². The van der Waals surface area contributed by atoms with Gasteiger partial charge in [-0.25, -0.2) is 9.97 Å². The van der Waals surface area contributed by atoms with E-state index in [0.29, 0.717) is 22.7 Å². The number of hydrogen-bond acceptors (Lipinski definition) is 5. The molecule has 8 heteroatoms. The third-order valence-electron chi connectivity index (χ3n) is 3.55. The highest BCUT2D eigenvalue weighted by Gasteiger charge is 2.13. The van der Waals surface area contributed by atoms with Crippen LogP contribution in [0.5, 0.6) is 0 Å². The number of H-pyrrole nitrogens is 2. The molecule has 3 heterocycles. The molecule has 3 aromatic heterocycles. The van der Waals surface area contributed by atoms with E-state index < -0.39 is 0 Å². The average molecular weight is 312 g/mol. The summed E-state index contributed by atoms with van der Waals surface area (Å²) < 4.78 is 0. The summed E-state index contributed by atoms with van der Waals surface area (Å²) in [6.45, 7) is 3.71. The second-order valence-electron chi connectivity index (χ2n) is 5.25. The van der Waals surface area contributed by atoms with Crippen LogP contribution < -0.4 is 10.9 Å². The van der Waals surface area contributed by atoms with E-state index in [-0.39, 0.29) is 24.4 Å². The normalized spacial score (nSPS) is 10.9. The Labute approximate surface area is 131 Å². The summed E-state index contributed by atoms with van der Waals surface area (Å²) in [4.78, 5) is 34.9. The van der Waals surface area contributed by atoms with E-state index in [1.165, 1.54) is 0 Å². The minimum Gasteiger partial charge on any atom is -0.350 e.